The lowest BCUT2D eigenvalue weighted by atomic mass is 10.0. The summed E-state index contributed by atoms with van der Waals surface area (Å²) < 4.78 is 3.97. The molecule has 3 aromatic heterocycles. The van der Waals surface area contributed by atoms with Crippen LogP contribution in [0.4, 0.5) is 0 Å². The second-order valence-electron chi connectivity index (χ2n) is 12.9. The molecule has 0 fully saturated rings. The van der Waals surface area contributed by atoms with Crippen molar-refractivity contribution in [1.29, 1.82) is 0 Å². The molecule has 240 valence electrons. The standard InChI is InChI=1S/C48H30S3/c1-3-8-31(9-4-1)37-22-24-43-40(26-37)29-45(49-43)34-16-14-33(15-17-34)42-13-7-12-39-28-47(51-48(39)42)36-20-18-35(19-21-36)46-30-41-27-38(23-25-44(41)50-46)32-10-5-2-6-11-32/h1-30H. The first-order valence-corrected chi connectivity index (χ1v) is 19.6. The Labute approximate surface area is 309 Å². The van der Waals surface area contributed by atoms with E-state index in [1.165, 1.54) is 95.0 Å². The minimum atomic E-state index is 1.25. The van der Waals surface area contributed by atoms with Gasteiger partial charge in [0.25, 0.3) is 0 Å². The minimum absolute atomic E-state index is 1.25. The molecule has 3 heterocycles. The van der Waals surface area contributed by atoms with Gasteiger partial charge in [0.1, 0.15) is 0 Å². The lowest BCUT2D eigenvalue weighted by molar-refractivity contribution is 1.65. The third kappa shape index (κ3) is 5.70. The van der Waals surface area contributed by atoms with Crippen molar-refractivity contribution in [2.45, 2.75) is 0 Å². The van der Waals surface area contributed by atoms with Crippen LogP contribution in [-0.2, 0) is 0 Å². The molecule has 10 rings (SSSR count). The van der Waals surface area contributed by atoms with E-state index in [2.05, 4.69) is 182 Å². The maximum absolute atomic E-state index is 2.35. The van der Waals surface area contributed by atoms with Gasteiger partial charge in [0, 0.05) is 28.7 Å². The van der Waals surface area contributed by atoms with E-state index in [0.717, 1.165) is 0 Å². The molecule has 10 aromatic rings. The summed E-state index contributed by atoms with van der Waals surface area (Å²) in [6.45, 7) is 0. The van der Waals surface area contributed by atoms with Crippen LogP contribution in [0.25, 0.3) is 95.0 Å². The fraction of sp³-hybridized carbons (Fsp3) is 0. The summed E-state index contributed by atoms with van der Waals surface area (Å²) in [5.74, 6) is 0. The second kappa shape index (κ2) is 12.6. The molecule has 7 aromatic carbocycles. The highest BCUT2D eigenvalue weighted by Crippen LogP contribution is 2.42. The van der Waals surface area contributed by atoms with Gasteiger partial charge < -0.3 is 0 Å². The monoisotopic (exact) mass is 702 g/mol. The molecule has 0 amide bonds. The van der Waals surface area contributed by atoms with Crippen LogP contribution in [0.1, 0.15) is 0 Å². The van der Waals surface area contributed by atoms with Crippen molar-refractivity contribution in [3.63, 3.8) is 0 Å². The van der Waals surface area contributed by atoms with Crippen LogP contribution in [0.2, 0.25) is 0 Å². The first-order chi connectivity index (χ1) is 25.2. The minimum Gasteiger partial charge on any atom is -0.135 e. The fourth-order valence-corrected chi connectivity index (χ4v) is 10.3. The first-order valence-electron chi connectivity index (χ1n) is 17.1. The van der Waals surface area contributed by atoms with E-state index in [1.54, 1.807) is 0 Å². The molecule has 0 saturated heterocycles. The normalized spacial score (nSPS) is 11.5. The number of hydrogen-bond donors (Lipinski definition) is 0. The maximum atomic E-state index is 2.35. The Kier molecular flexibility index (Phi) is 7.50. The molecule has 0 aliphatic rings. The van der Waals surface area contributed by atoms with Crippen molar-refractivity contribution in [2.75, 3.05) is 0 Å². The van der Waals surface area contributed by atoms with Gasteiger partial charge in [-0.2, -0.15) is 0 Å². The van der Waals surface area contributed by atoms with Crippen LogP contribution in [0.15, 0.2) is 182 Å². The zero-order chi connectivity index (χ0) is 33.7. The van der Waals surface area contributed by atoms with Gasteiger partial charge in [0.05, 0.1) is 0 Å². The lowest BCUT2D eigenvalue weighted by Crippen LogP contribution is -1.79. The Bertz CT molecular complexity index is 2820. The number of rotatable bonds is 6. The third-order valence-electron chi connectivity index (χ3n) is 9.73. The van der Waals surface area contributed by atoms with E-state index in [9.17, 15) is 0 Å². The highest BCUT2D eigenvalue weighted by molar-refractivity contribution is 7.23. The quantitative estimate of drug-likeness (QED) is 0.162. The highest BCUT2D eigenvalue weighted by Gasteiger charge is 2.13. The Balaban J connectivity index is 0.911. The van der Waals surface area contributed by atoms with Crippen molar-refractivity contribution >= 4 is 64.3 Å². The van der Waals surface area contributed by atoms with E-state index in [4.69, 9.17) is 0 Å². The Morgan fingerprint density at radius 2 is 0.686 bits per heavy atom. The predicted octanol–water partition coefficient (Wildman–Crippen LogP) is 15.3. The first kappa shape index (κ1) is 30.3. The lowest BCUT2D eigenvalue weighted by Gasteiger charge is -2.05. The maximum Gasteiger partial charge on any atom is 0.0427 e. The van der Waals surface area contributed by atoms with Crippen molar-refractivity contribution in [3.05, 3.63) is 182 Å². The summed E-state index contributed by atoms with van der Waals surface area (Å²) in [6, 6.07) is 66.8. The third-order valence-corrected chi connectivity index (χ3v) is 13.3. The van der Waals surface area contributed by atoms with Gasteiger partial charge in [-0.15, -0.1) is 34.0 Å². The van der Waals surface area contributed by atoms with Gasteiger partial charge in [-0.3, -0.25) is 0 Å². The molecule has 0 aliphatic carbocycles. The summed E-state index contributed by atoms with van der Waals surface area (Å²) in [5, 5.41) is 3.88. The van der Waals surface area contributed by atoms with Gasteiger partial charge in [-0.1, -0.05) is 140 Å². The van der Waals surface area contributed by atoms with Crippen molar-refractivity contribution in [2.24, 2.45) is 0 Å². The molecule has 0 aliphatic heterocycles. The average molecular weight is 703 g/mol. The molecule has 0 radical (unpaired) electrons. The molecule has 0 spiro atoms. The summed E-state index contributed by atoms with van der Waals surface area (Å²) in [5.41, 5.74) is 11.3. The Morgan fingerprint density at radius 3 is 1.20 bits per heavy atom. The van der Waals surface area contributed by atoms with Crippen LogP contribution < -0.4 is 0 Å². The van der Waals surface area contributed by atoms with Gasteiger partial charge in [-0.25, -0.2) is 0 Å². The Morgan fingerprint density at radius 1 is 0.255 bits per heavy atom. The molecule has 3 heteroatoms. The van der Waals surface area contributed by atoms with Crippen LogP contribution in [0, 0.1) is 0 Å². The SMILES string of the molecule is c1ccc(-c2ccc3sc(-c4ccc(-c5cc6cccc(-c7ccc(-c8cc9cc(-c%10ccccc%10)ccc9s8)cc7)c6s5)cc4)cc3c2)cc1. The van der Waals surface area contributed by atoms with Gasteiger partial charge >= 0.3 is 0 Å². The van der Waals surface area contributed by atoms with Crippen LogP contribution in [-0.4, -0.2) is 0 Å². The van der Waals surface area contributed by atoms with Crippen LogP contribution in [0.5, 0.6) is 0 Å². The molecule has 0 bridgehead atoms. The van der Waals surface area contributed by atoms with Crippen LogP contribution in [0.3, 0.4) is 0 Å². The number of fused-ring (bicyclic) bond motifs is 3. The second-order valence-corrected chi connectivity index (χ2v) is 16.2. The number of benzene rings is 7. The summed E-state index contributed by atoms with van der Waals surface area (Å²) in [4.78, 5) is 3.90. The number of thiophene rings is 3. The molecule has 0 saturated carbocycles. The van der Waals surface area contributed by atoms with Gasteiger partial charge in [0.2, 0.25) is 0 Å². The zero-order valence-electron chi connectivity index (χ0n) is 27.5. The van der Waals surface area contributed by atoms with E-state index in [-0.39, 0.29) is 0 Å². The molecular formula is C48H30S3. The van der Waals surface area contributed by atoms with Crippen molar-refractivity contribution in [3.8, 4) is 64.7 Å². The van der Waals surface area contributed by atoms with Crippen molar-refractivity contribution in [1.82, 2.24) is 0 Å². The molecule has 0 unspecified atom stereocenters. The predicted molar refractivity (Wildman–Crippen MR) is 225 cm³/mol. The smallest absolute Gasteiger partial charge is 0.0427 e. The highest BCUT2D eigenvalue weighted by atomic mass is 32.1. The molecule has 0 nitrogen and oxygen atoms in total. The summed E-state index contributed by atoms with van der Waals surface area (Å²) >= 11 is 5.61. The zero-order valence-corrected chi connectivity index (χ0v) is 30.0. The summed E-state index contributed by atoms with van der Waals surface area (Å²) in [7, 11) is 0. The van der Waals surface area contributed by atoms with E-state index in [1.807, 2.05) is 34.0 Å². The fourth-order valence-electron chi connectivity index (χ4n) is 7.04. The molecule has 0 atom stereocenters. The van der Waals surface area contributed by atoms with Gasteiger partial charge in [-0.05, 0) is 109 Å². The number of hydrogen-bond acceptors (Lipinski definition) is 3. The van der Waals surface area contributed by atoms with Gasteiger partial charge in [0.15, 0.2) is 0 Å². The van der Waals surface area contributed by atoms with Crippen molar-refractivity contribution < 1.29 is 0 Å². The van der Waals surface area contributed by atoms with E-state index >= 15 is 0 Å². The topological polar surface area (TPSA) is 0 Å². The molecular weight excluding hydrogens is 673 g/mol. The average Bonchev–Trinajstić information content (AvgIpc) is 3.95. The van der Waals surface area contributed by atoms with Crippen LogP contribution >= 0.6 is 34.0 Å². The van der Waals surface area contributed by atoms with E-state index in [0.29, 0.717) is 0 Å². The molecule has 51 heavy (non-hydrogen) atoms. The Hall–Kier alpha value is -5.58. The summed E-state index contributed by atoms with van der Waals surface area (Å²) in [6.07, 6.45) is 0. The molecule has 0 N–H and O–H groups in total. The van der Waals surface area contributed by atoms with E-state index < -0.39 is 0 Å². The largest absolute Gasteiger partial charge is 0.135 e.